The third kappa shape index (κ3) is 3.05. The summed E-state index contributed by atoms with van der Waals surface area (Å²) in [5.74, 6) is 1.33. The van der Waals surface area contributed by atoms with Crippen LogP contribution < -0.4 is 5.32 Å². The maximum Gasteiger partial charge on any atom is 0.252 e. The molecular weight excluding hydrogens is 278 g/mol. The van der Waals surface area contributed by atoms with Gasteiger partial charge in [-0.05, 0) is 24.3 Å². The van der Waals surface area contributed by atoms with Gasteiger partial charge in [-0.25, -0.2) is 0 Å². The third-order valence-electron chi connectivity index (χ3n) is 3.25. The largest absolute Gasteiger partial charge is 0.381 e. The number of hydrogen-bond acceptors (Lipinski definition) is 6. The first-order chi connectivity index (χ1) is 9.83. The number of amides is 1. The van der Waals surface area contributed by atoms with Crippen LogP contribution in [0.3, 0.4) is 0 Å². The van der Waals surface area contributed by atoms with Gasteiger partial charge in [0.2, 0.25) is 5.89 Å². The van der Waals surface area contributed by atoms with E-state index in [1.165, 1.54) is 11.3 Å². The summed E-state index contributed by atoms with van der Waals surface area (Å²) in [6.45, 7) is 1.73. The van der Waals surface area contributed by atoms with Crippen molar-refractivity contribution < 1.29 is 14.1 Å². The second-order valence-corrected chi connectivity index (χ2v) is 5.41. The fourth-order valence-electron chi connectivity index (χ4n) is 2.11. The topological polar surface area (TPSA) is 77.2 Å². The molecular formula is C13H15N3O3S. The monoisotopic (exact) mass is 293 g/mol. The molecule has 7 heteroatoms. The maximum atomic E-state index is 11.8. The zero-order chi connectivity index (χ0) is 13.8. The highest BCUT2D eigenvalue weighted by molar-refractivity contribution is 7.08. The molecule has 0 radical (unpaired) electrons. The number of hydrogen-bond donors (Lipinski definition) is 1. The molecule has 1 amide bonds. The minimum absolute atomic E-state index is 0.128. The van der Waals surface area contributed by atoms with Gasteiger partial charge >= 0.3 is 0 Å². The van der Waals surface area contributed by atoms with Crippen molar-refractivity contribution in [3.63, 3.8) is 0 Å². The second-order valence-electron chi connectivity index (χ2n) is 4.63. The van der Waals surface area contributed by atoms with Gasteiger partial charge < -0.3 is 14.6 Å². The highest BCUT2D eigenvalue weighted by Crippen LogP contribution is 2.24. The lowest BCUT2D eigenvalue weighted by Gasteiger charge is -2.18. The van der Waals surface area contributed by atoms with Gasteiger partial charge in [0.05, 0.1) is 6.54 Å². The molecule has 0 spiro atoms. The average molecular weight is 293 g/mol. The molecule has 0 bridgehead atoms. The number of carbonyl (C=O) groups excluding carboxylic acids is 1. The van der Waals surface area contributed by atoms with Gasteiger partial charge in [-0.2, -0.15) is 16.3 Å². The van der Waals surface area contributed by atoms with Crippen LogP contribution in [-0.2, 0) is 11.3 Å². The van der Waals surface area contributed by atoms with E-state index in [0.29, 0.717) is 23.2 Å². The first kappa shape index (κ1) is 13.3. The Morgan fingerprint density at radius 2 is 2.30 bits per heavy atom. The van der Waals surface area contributed by atoms with Crippen LogP contribution in [0.2, 0.25) is 0 Å². The molecule has 0 aliphatic carbocycles. The summed E-state index contributed by atoms with van der Waals surface area (Å²) in [5, 5.41) is 10.4. The van der Waals surface area contributed by atoms with Gasteiger partial charge in [0.25, 0.3) is 5.91 Å². The second kappa shape index (κ2) is 6.15. The fraction of sp³-hybridized carbons (Fsp3) is 0.462. The average Bonchev–Trinajstić information content (AvgIpc) is 3.17. The Kier molecular flexibility index (Phi) is 4.08. The number of carbonyl (C=O) groups is 1. The number of nitrogens with one attached hydrogen (secondary N) is 1. The zero-order valence-electron chi connectivity index (χ0n) is 10.9. The van der Waals surface area contributed by atoms with Gasteiger partial charge in [-0.3, -0.25) is 4.79 Å². The van der Waals surface area contributed by atoms with Gasteiger partial charge in [0, 0.05) is 30.1 Å². The minimum Gasteiger partial charge on any atom is -0.381 e. The number of rotatable bonds is 4. The third-order valence-corrected chi connectivity index (χ3v) is 3.94. The first-order valence-corrected chi connectivity index (χ1v) is 7.48. The molecule has 1 N–H and O–H groups in total. The SMILES string of the molecule is O=C(NCc1nc(C2CCOCC2)no1)c1ccsc1. The first-order valence-electron chi connectivity index (χ1n) is 6.53. The molecule has 2 aromatic rings. The molecule has 0 saturated carbocycles. The van der Waals surface area contributed by atoms with Crippen molar-refractivity contribution in [3.8, 4) is 0 Å². The van der Waals surface area contributed by atoms with Crippen molar-refractivity contribution in [1.29, 1.82) is 0 Å². The molecule has 6 nitrogen and oxygen atoms in total. The van der Waals surface area contributed by atoms with Crippen LogP contribution in [0.1, 0.15) is 40.8 Å². The summed E-state index contributed by atoms with van der Waals surface area (Å²) in [6, 6.07) is 1.78. The van der Waals surface area contributed by atoms with E-state index in [-0.39, 0.29) is 12.5 Å². The molecule has 1 saturated heterocycles. The van der Waals surface area contributed by atoms with Gasteiger partial charge in [0.1, 0.15) is 0 Å². The van der Waals surface area contributed by atoms with Crippen LogP contribution in [0.4, 0.5) is 0 Å². The van der Waals surface area contributed by atoms with Crippen LogP contribution in [-0.4, -0.2) is 29.3 Å². The molecule has 1 fully saturated rings. The van der Waals surface area contributed by atoms with E-state index in [4.69, 9.17) is 9.26 Å². The maximum absolute atomic E-state index is 11.8. The molecule has 0 atom stereocenters. The predicted octanol–water partition coefficient (Wildman–Crippen LogP) is 1.96. The highest BCUT2D eigenvalue weighted by atomic mass is 32.1. The van der Waals surface area contributed by atoms with Crippen molar-refractivity contribution >= 4 is 17.2 Å². The van der Waals surface area contributed by atoms with Crippen molar-refractivity contribution in [2.45, 2.75) is 25.3 Å². The quantitative estimate of drug-likeness (QED) is 0.932. The summed E-state index contributed by atoms with van der Waals surface area (Å²) < 4.78 is 10.5. The number of nitrogens with zero attached hydrogens (tertiary/aromatic N) is 2. The van der Waals surface area contributed by atoms with Crippen molar-refractivity contribution in [3.05, 3.63) is 34.1 Å². The van der Waals surface area contributed by atoms with Crippen LogP contribution in [0.5, 0.6) is 0 Å². The predicted molar refractivity (Wildman–Crippen MR) is 72.6 cm³/mol. The Labute approximate surface area is 120 Å². The lowest BCUT2D eigenvalue weighted by Crippen LogP contribution is -2.22. The smallest absolute Gasteiger partial charge is 0.252 e. The molecule has 106 valence electrons. The van der Waals surface area contributed by atoms with E-state index in [1.807, 2.05) is 5.38 Å². The van der Waals surface area contributed by atoms with Crippen LogP contribution in [0, 0.1) is 0 Å². The summed E-state index contributed by atoms with van der Waals surface area (Å²) in [7, 11) is 0. The van der Waals surface area contributed by atoms with Crippen LogP contribution in [0.15, 0.2) is 21.3 Å². The van der Waals surface area contributed by atoms with Gasteiger partial charge in [-0.15, -0.1) is 0 Å². The molecule has 1 aliphatic heterocycles. The van der Waals surface area contributed by atoms with Crippen molar-refractivity contribution in [1.82, 2.24) is 15.5 Å². The Balaban J connectivity index is 1.56. The lowest BCUT2D eigenvalue weighted by atomic mass is 10.00. The Bertz CT molecular complexity index is 561. The molecule has 3 rings (SSSR count). The summed E-state index contributed by atoms with van der Waals surface area (Å²) in [5.41, 5.74) is 0.652. The number of aromatic nitrogens is 2. The van der Waals surface area contributed by atoms with E-state index in [9.17, 15) is 4.79 Å². The lowest BCUT2D eigenvalue weighted by molar-refractivity contribution is 0.0830. The van der Waals surface area contributed by atoms with E-state index >= 15 is 0 Å². The Hall–Kier alpha value is -1.73. The van der Waals surface area contributed by atoms with Crippen molar-refractivity contribution in [2.75, 3.05) is 13.2 Å². The zero-order valence-corrected chi connectivity index (χ0v) is 11.7. The number of thiophene rings is 1. The van der Waals surface area contributed by atoms with Crippen LogP contribution >= 0.6 is 11.3 Å². The van der Waals surface area contributed by atoms with Gasteiger partial charge in [-0.1, -0.05) is 5.16 Å². The Morgan fingerprint density at radius 1 is 1.45 bits per heavy atom. The molecule has 0 aromatic carbocycles. The molecule has 3 heterocycles. The summed E-state index contributed by atoms with van der Waals surface area (Å²) >= 11 is 1.49. The Morgan fingerprint density at radius 3 is 3.05 bits per heavy atom. The molecule has 2 aromatic heterocycles. The normalized spacial score (nSPS) is 16.2. The minimum atomic E-state index is -0.128. The van der Waals surface area contributed by atoms with E-state index in [2.05, 4.69) is 15.5 Å². The molecule has 20 heavy (non-hydrogen) atoms. The van der Waals surface area contributed by atoms with E-state index in [0.717, 1.165) is 26.1 Å². The van der Waals surface area contributed by atoms with Crippen molar-refractivity contribution in [2.24, 2.45) is 0 Å². The van der Waals surface area contributed by atoms with E-state index in [1.54, 1.807) is 11.4 Å². The molecule has 1 aliphatic rings. The van der Waals surface area contributed by atoms with Gasteiger partial charge in [0.15, 0.2) is 5.82 Å². The fourth-order valence-corrected chi connectivity index (χ4v) is 2.75. The van der Waals surface area contributed by atoms with Crippen LogP contribution in [0.25, 0.3) is 0 Å². The summed E-state index contributed by atoms with van der Waals surface area (Å²) in [4.78, 5) is 16.1. The summed E-state index contributed by atoms with van der Waals surface area (Å²) in [6.07, 6.45) is 1.83. The highest BCUT2D eigenvalue weighted by Gasteiger charge is 2.21. The number of ether oxygens (including phenoxy) is 1. The standard InChI is InChI=1S/C13H15N3O3S/c17-13(10-3-6-20-8-10)14-7-11-15-12(16-19-11)9-1-4-18-5-2-9/h3,6,8-9H,1-2,4-5,7H2,(H,14,17). The molecule has 0 unspecified atom stereocenters. The van der Waals surface area contributed by atoms with E-state index < -0.39 is 0 Å².